The van der Waals surface area contributed by atoms with E-state index in [1.165, 1.54) is 25.3 Å². The Morgan fingerprint density at radius 2 is 1.72 bits per heavy atom. The summed E-state index contributed by atoms with van der Waals surface area (Å²) >= 11 is 0. The molecule has 4 saturated carbocycles. The molecule has 3 nitrogen and oxygen atoms in total. The van der Waals surface area contributed by atoms with E-state index in [1.54, 1.807) is 6.92 Å². The average Bonchev–Trinajstić information content (AvgIpc) is 2.27. The molecule has 4 bridgehead atoms. The molecule has 0 aromatic rings. The topological polar surface area (TPSA) is 46.5 Å². The van der Waals surface area contributed by atoms with Gasteiger partial charge in [0.25, 0.3) is 0 Å². The van der Waals surface area contributed by atoms with E-state index in [0.29, 0.717) is 12.4 Å². The van der Waals surface area contributed by atoms with Crippen molar-refractivity contribution in [2.45, 2.75) is 45.4 Å². The van der Waals surface area contributed by atoms with Gasteiger partial charge in [-0.25, -0.2) is 4.79 Å². The summed E-state index contributed by atoms with van der Waals surface area (Å²) in [5.41, 5.74) is -0.0957. The lowest BCUT2D eigenvalue weighted by Crippen LogP contribution is -2.47. The van der Waals surface area contributed by atoms with Crippen molar-refractivity contribution in [2.75, 3.05) is 6.61 Å². The van der Waals surface area contributed by atoms with E-state index in [0.717, 1.165) is 37.0 Å². The number of aliphatic hydroxyl groups excluding tert-OH is 1. The lowest BCUT2D eigenvalue weighted by Gasteiger charge is -2.56. The van der Waals surface area contributed by atoms with Crippen molar-refractivity contribution < 1.29 is 14.6 Å². The van der Waals surface area contributed by atoms with Gasteiger partial charge in [0.15, 0.2) is 0 Å². The Labute approximate surface area is 108 Å². The smallest absolute Gasteiger partial charge is 0.334 e. The van der Waals surface area contributed by atoms with Crippen LogP contribution in [0.5, 0.6) is 0 Å². The van der Waals surface area contributed by atoms with E-state index in [9.17, 15) is 9.90 Å². The first-order chi connectivity index (χ1) is 8.61. The summed E-state index contributed by atoms with van der Waals surface area (Å²) in [6.07, 6.45) is 8.56. The molecule has 1 N–H and O–H groups in total. The fraction of sp³-hybridized carbons (Fsp3) is 0.800. The molecule has 0 radical (unpaired) electrons. The maximum Gasteiger partial charge on any atom is 0.334 e. The van der Waals surface area contributed by atoms with Gasteiger partial charge in [0.2, 0.25) is 0 Å². The lowest BCUT2D eigenvalue weighted by atomic mass is 9.49. The molecule has 4 rings (SSSR count). The van der Waals surface area contributed by atoms with E-state index in [1.807, 2.05) is 0 Å². The number of ether oxygens (including phenoxy) is 1. The van der Waals surface area contributed by atoms with Gasteiger partial charge in [0, 0.05) is 5.41 Å². The van der Waals surface area contributed by atoms with Gasteiger partial charge in [0.05, 0.1) is 12.7 Å². The molecule has 4 aliphatic carbocycles. The molecule has 4 aliphatic rings. The first-order valence-electron chi connectivity index (χ1n) is 7.19. The number of aliphatic hydroxyl groups is 1. The summed E-state index contributed by atoms with van der Waals surface area (Å²) < 4.78 is 4.90. The molecular weight excluding hydrogens is 228 g/mol. The van der Waals surface area contributed by atoms with Crippen LogP contribution in [0.2, 0.25) is 0 Å². The molecular formula is C15H22O3. The van der Waals surface area contributed by atoms with Crippen LogP contribution in [-0.2, 0) is 9.53 Å². The summed E-state index contributed by atoms with van der Waals surface area (Å²) in [6, 6.07) is 0. The van der Waals surface area contributed by atoms with E-state index in [2.05, 4.69) is 0 Å². The van der Waals surface area contributed by atoms with Gasteiger partial charge >= 0.3 is 5.97 Å². The Kier molecular flexibility index (Phi) is 2.87. The minimum Gasteiger partial charge on any atom is -0.511 e. The summed E-state index contributed by atoms with van der Waals surface area (Å²) in [4.78, 5) is 11.5. The zero-order valence-corrected chi connectivity index (χ0v) is 11.0. The second-order valence-corrected chi connectivity index (χ2v) is 6.48. The molecule has 0 aliphatic heterocycles. The number of hydrogen-bond acceptors (Lipinski definition) is 3. The third-order valence-electron chi connectivity index (χ3n) is 5.12. The SMILES string of the molecule is CCOC(=O)/C=C(\O)C12CC3CC(CC(C3)C1)C2. The molecule has 18 heavy (non-hydrogen) atoms. The van der Waals surface area contributed by atoms with Crippen LogP contribution < -0.4 is 0 Å². The molecule has 0 amide bonds. The van der Waals surface area contributed by atoms with Crippen molar-refractivity contribution in [3.8, 4) is 0 Å². The normalized spacial score (nSPS) is 42.1. The third kappa shape index (κ3) is 1.94. The maximum absolute atomic E-state index is 11.5. The monoisotopic (exact) mass is 250 g/mol. The predicted octanol–water partition coefficient (Wildman–Crippen LogP) is 3.21. The number of esters is 1. The van der Waals surface area contributed by atoms with E-state index in [-0.39, 0.29) is 5.41 Å². The summed E-state index contributed by atoms with van der Waals surface area (Å²) in [5.74, 6) is 2.21. The largest absolute Gasteiger partial charge is 0.511 e. The highest BCUT2D eigenvalue weighted by atomic mass is 16.5. The zero-order chi connectivity index (χ0) is 12.8. The minimum atomic E-state index is -0.397. The molecule has 0 atom stereocenters. The van der Waals surface area contributed by atoms with Crippen LogP contribution >= 0.6 is 0 Å². The van der Waals surface area contributed by atoms with Gasteiger partial charge in [-0.3, -0.25) is 0 Å². The first kappa shape index (κ1) is 12.1. The minimum absolute atomic E-state index is 0.0957. The Hall–Kier alpha value is -0.990. The fourth-order valence-electron chi connectivity index (χ4n) is 4.87. The van der Waals surface area contributed by atoms with Gasteiger partial charge < -0.3 is 9.84 Å². The van der Waals surface area contributed by atoms with Crippen molar-refractivity contribution in [1.82, 2.24) is 0 Å². The van der Waals surface area contributed by atoms with Crippen molar-refractivity contribution in [3.63, 3.8) is 0 Å². The molecule has 0 unspecified atom stereocenters. The van der Waals surface area contributed by atoms with E-state index >= 15 is 0 Å². The maximum atomic E-state index is 11.5. The van der Waals surface area contributed by atoms with Crippen molar-refractivity contribution >= 4 is 5.97 Å². The first-order valence-corrected chi connectivity index (χ1v) is 7.19. The molecule has 0 saturated heterocycles. The van der Waals surface area contributed by atoms with Gasteiger partial charge in [-0.1, -0.05) is 0 Å². The Morgan fingerprint density at radius 3 is 2.17 bits per heavy atom. The molecule has 100 valence electrons. The highest BCUT2D eigenvalue weighted by molar-refractivity contribution is 5.82. The van der Waals surface area contributed by atoms with E-state index < -0.39 is 5.97 Å². The molecule has 0 aromatic heterocycles. The lowest BCUT2D eigenvalue weighted by molar-refractivity contribution is -0.137. The van der Waals surface area contributed by atoms with Crippen LogP contribution in [0.1, 0.15) is 45.4 Å². The van der Waals surface area contributed by atoms with Gasteiger partial charge in [-0.05, 0) is 63.2 Å². The summed E-state index contributed by atoms with van der Waals surface area (Å²) in [6.45, 7) is 2.15. The summed E-state index contributed by atoms with van der Waals surface area (Å²) in [5, 5.41) is 10.4. The van der Waals surface area contributed by atoms with Gasteiger partial charge in [0.1, 0.15) is 5.76 Å². The third-order valence-corrected chi connectivity index (χ3v) is 5.12. The van der Waals surface area contributed by atoms with Crippen LogP contribution in [-0.4, -0.2) is 17.7 Å². The van der Waals surface area contributed by atoms with Gasteiger partial charge in [-0.15, -0.1) is 0 Å². The number of hydrogen-bond donors (Lipinski definition) is 1. The quantitative estimate of drug-likeness (QED) is 0.475. The van der Waals surface area contributed by atoms with Crippen molar-refractivity contribution in [2.24, 2.45) is 23.2 Å². The number of allylic oxidation sites excluding steroid dienone is 1. The Morgan fingerprint density at radius 1 is 1.22 bits per heavy atom. The Balaban J connectivity index is 1.80. The second kappa shape index (κ2) is 4.29. The van der Waals surface area contributed by atoms with Crippen LogP contribution in [0.15, 0.2) is 11.8 Å². The van der Waals surface area contributed by atoms with Crippen LogP contribution in [0.25, 0.3) is 0 Å². The molecule has 0 heterocycles. The highest BCUT2D eigenvalue weighted by Crippen LogP contribution is 2.62. The Bertz CT molecular complexity index is 348. The number of rotatable bonds is 3. The van der Waals surface area contributed by atoms with Gasteiger partial charge in [-0.2, -0.15) is 0 Å². The standard InChI is InChI=1S/C15H22O3/c1-2-18-14(17)6-13(16)15-7-10-3-11(8-15)5-12(4-10)9-15/h6,10-12,16H,2-5,7-9H2,1H3/b13-6-. The van der Waals surface area contributed by atoms with Crippen LogP contribution in [0.3, 0.4) is 0 Å². The average molecular weight is 250 g/mol. The van der Waals surface area contributed by atoms with E-state index in [4.69, 9.17) is 4.74 Å². The second-order valence-electron chi connectivity index (χ2n) is 6.48. The number of carbonyl (C=O) groups excluding carboxylic acids is 1. The predicted molar refractivity (Wildman–Crippen MR) is 67.9 cm³/mol. The number of carbonyl (C=O) groups is 1. The highest BCUT2D eigenvalue weighted by Gasteiger charge is 2.53. The molecule has 0 spiro atoms. The fourth-order valence-corrected chi connectivity index (χ4v) is 4.87. The summed E-state index contributed by atoms with van der Waals surface area (Å²) in [7, 11) is 0. The zero-order valence-electron chi connectivity index (χ0n) is 11.0. The van der Waals surface area contributed by atoms with Crippen molar-refractivity contribution in [1.29, 1.82) is 0 Å². The molecule has 0 aromatic carbocycles. The molecule has 3 heteroatoms. The van der Waals surface area contributed by atoms with Crippen LogP contribution in [0.4, 0.5) is 0 Å². The van der Waals surface area contributed by atoms with Crippen molar-refractivity contribution in [3.05, 3.63) is 11.8 Å². The van der Waals surface area contributed by atoms with Crippen LogP contribution in [0, 0.1) is 23.2 Å². The molecule has 4 fully saturated rings.